The molecule has 2 N–H and O–H groups in total. The molecule has 0 aliphatic carbocycles. The molecule has 122 valence electrons. The van der Waals surface area contributed by atoms with Crippen molar-refractivity contribution < 1.29 is 9.53 Å². The van der Waals surface area contributed by atoms with Gasteiger partial charge in [0, 0.05) is 29.2 Å². The number of carbonyl (C=O) groups excluding carboxylic acids is 1. The molecule has 6 nitrogen and oxygen atoms in total. The van der Waals surface area contributed by atoms with E-state index in [2.05, 4.69) is 15.7 Å². The monoisotopic (exact) mass is 354 g/mol. The van der Waals surface area contributed by atoms with Crippen molar-refractivity contribution in [3.63, 3.8) is 0 Å². The molecule has 8 heteroatoms. The SMILES string of the molecule is O=C(Nc1ccnn1Cc1ccc(Cl)cc1Cl)[C@@H]1CNCCO1. The van der Waals surface area contributed by atoms with Crippen LogP contribution in [0.1, 0.15) is 5.56 Å². The van der Waals surface area contributed by atoms with Crippen molar-refractivity contribution >= 4 is 34.9 Å². The lowest BCUT2D eigenvalue weighted by molar-refractivity contribution is -0.128. The van der Waals surface area contributed by atoms with Crippen molar-refractivity contribution in [3.8, 4) is 0 Å². The molecule has 23 heavy (non-hydrogen) atoms. The third-order valence-electron chi connectivity index (χ3n) is 3.52. The molecule has 0 saturated carbocycles. The Hall–Kier alpha value is -1.60. The molecule has 1 fully saturated rings. The molecular weight excluding hydrogens is 339 g/mol. The third-order valence-corrected chi connectivity index (χ3v) is 4.11. The Kier molecular flexibility index (Phi) is 5.17. The summed E-state index contributed by atoms with van der Waals surface area (Å²) in [4.78, 5) is 12.2. The molecule has 0 bridgehead atoms. The zero-order valence-corrected chi connectivity index (χ0v) is 13.8. The third kappa shape index (κ3) is 4.03. The number of hydrogen-bond acceptors (Lipinski definition) is 4. The van der Waals surface area contributed by atoms with Crippen molar-refractivity contribution in [2.24, 2.45) is 0 Å². The highest BCUT2D eigenvalue weighted by atomic mass is 35.5. The molecule has 1 aliphatic heterocycles. The Morgan fingerprint density at radius 1 is 1.43 bits per heavy atom. The van der Waals surface area contributed by atoms with E-state index in [0.29, 0.717) is 35.6 Å². The van der Waals surface area contributed by atoms with Crippen LogP contribution in [0.4, 0.5) is 5.82 Å². The molecule has 0 radical (unpaired) electrons. The summed E-state index contributed by atoms with van der Waals surface area (Å²) in [5, 5.41) is 11.3. The second-order valence-electron chi connectivity index (χ2n) is 5.16. The Morgan fingerprint density at radius 2 is 2.30 bits per heavy atom. The fourth-order valence-electron chi connectivity index (χ4n) is 2.32. The summed E-state index contributed by atoms with van der Waals surface area (Å²) in [6.07, 6.45) is 1.13. The largest absolute Gasteiger partial charge is 0.366 e. The van der Waals surface area contributed by atoms with Crippen LogP contribution in [-0.4, -0.2) is 41.5 Å². The molecule has 1 amide bonds. The van der Waals surface area contributed by atoms with Gasteiger partial charge in [-0.3, -0.25) is 4.79 Å². The van der Waals surface area contributed by atoms with E-state index in [4.69, 9.17) is 27.9 Å². The molecule has 1 aromatic carbocycles. The van der Waals surface area contributed by atoms with Gasteiger partial charge in [-0.1, -0.05) is 29.3 Å². The maximum atomic E-state index is 12.2. The number of morpholine rings is 1. The van der Waals surface area contributed by atoms with Gasteiger partial charge in [-0.15, -0.1) is 0 Å². The average molecular weight is 355 g/mol. The van der Waals surface area contributed by atoms with Crippen LogP contribution in [-0.2, 0) is 16.1 Å². The van der Waals surface area contributed by atoms with Gasteiger partial charge in [0.05, 0.1) is 19.3 Å². The summed E-state index contributed by atoms with van der Waals surface area (Å²) < 4.78 is 7.11. The smallest absolute Gasteiger partial charge is 0.255 e. The number of rotatable bonds is 4. The van der Waals surface area contributed by atoms with Gasteiger partial charge in [-0.05, 0) is 17.7 Å². The van der Waals surface area contributed by atoms with Gasteiger partial charge < -0.3 is 15.4 Å². The van der Waals surface area contributed by atoms with Crippen LogP contribution < -0.4 is 10.6 Å². The summed E-state index contributed by atoms with van der Waals surface area (Å²) in [5.74, 6) is 0.399. The zero-order chi connectivity index (χ0) is 16.2. The highest BCUT2D eigenvalue weighted by Crippen LogP contribution is 2.22. The Labute approximate surface area is 143 Å². The standard InChI is InChI=1S/C15H16Cl2N4O2/c16-11-2-1-10(12(17)7-11)9-21-14(3-4-19-21)20-15(22)13-8-18-5-6-23-13/h1-4,7,13,18H,5-6,8-9H2,(H,20,22)/t13-/m0/s1. The first kappa shape index (κ1) is 16.3. The number of hydrogen-bond donors (Lipinski definition) is 2. The lowest BCUT2D eigenvalue weighted by Gasteiger charge is -2.22. The van der Waals surface area contributed by atoms with E-state index in [0.717, 1.165) is 12.1 Å². The number of aromatic nitrogens is 2. The van der Waals surface area contributed by atoms with Gasteiger partial charge in [0.1, 0.15) is 11.9 Å². The van der Waals surface area contributed by atoms with E-state index in [1.54, 1.807) is 29.1 Å². The second kappa shape index (κ2) is 7.31. The number of halogens is 2. The van der Waals surface area contributed by atoms with Gasteiger partial charge >= 0.3 is 0 Å². The highest BCUT2D eigenvalue weighted by molar-refractivity contribution is 6.35. The van der Waals surface area contributed by atoms with Gasteiger partial charge in [0.25, 0.3) is 5.91 Å². The van der Waals surface area contributed by atoms with Crippen molar-refractivity contribution in [2.45, 2.75) is 12.6 Å². The Bertz CT molecular complexity index is 699. The first-order valence-corrected chi connectivity index (χ1v) is 7.98. The highest BCUT2D eigenvalue weighted by Gasteiger charge is 2.22. The minimum absolute atomic E-state index is 0.193. The molecule has 2 heterocycles. The van der Waals surface area contributed by atoms with Crippen LogP contribution >= 0.6 is 23.2 Å². The number of amides is 1. The topological polar surface area (TPSA) is 68.2 Å². The number of carbonyl (C=O) groups is 1. The van der Waals surface area contributed by atoms with Crippen molar-refractivity contribution in [1.82, 2.24) is 15.1 Å². The van der Waals surface area contributed by atoms with Gasteiger partial charge in [-0.2, -0.15) is 5.10 Å². The minimum Gasteiger partial charge on any atom is -0.366 e. The minimum atomic E-state index is -0.494. The van der Waals surface area contributed by atoms with Gasteiger partial charge in [-0.25, -0.2) is 4.68 Å². The quantitative estimate of drug-likeness (QED) is 0.882. The van der Waals surface area contributed by atoms with Crippen LogP contribution in [0.3, 0.4) is 0 Å². The summed E-state index contributed by atoms with van der Waals surface area (Å²) in [5.41, 5.74) is 0.867. The number of anilines is 1. The fourth-order valence-corrected chi connectivity index (χ4v) is 2.78. The first-order chi connectivity index (χ1) is 11.1. The van der Waals surface area contributed by atoms with Gasteiger partial charge in [0.15, 0.2) is 0 Å². The molecule has 1 aliphatic rings. The number of nitrogens with zero attached hydrogens (tertiary/aromatic N) is 2. The van der Waals surface area contributed by atoms with E-state index in [9.17, 15) is 4.79 Å². The maximum absolute atomic E-state index is 12.2. The molecule has 0 unspecified atom stereocenters. The zero-order valence-electron chi connectivity index (χ0n) is 12.3. The Balaban J connectivity index is 1.70. The first-order valence-electron chi connectivity index (χ1n) is 7.22. The normalized spacial score (nSPS) is 17.9. The maximum Gasteiger partial charge on any atom is 0.255 e. The van der Waals surface area contributed by atoms with Crippen LogP contribution in [0.25, 0.3) is 0 Å². The molecular formula is C15H16Cl2N4O2. The predicted octanol–water partition coefficient (Wildman–Crippen LogP) is 2.17. The van der Waals surface area contributed by atoms with Crippen LogP contribution in [0.5, 0.6) is 0 Å². The second-order valence-corrected chi connectivity index (χ2v) is 6.01. The van der Waals surface area contributed by atoms with E-state index in [-0.39, 0.29) is 5.91 Å². The number of nitrogens with one attached hydrogen (secondary N) is 2. The van der Waals surface area contributed by atoms with Crippen molar-refractivity contribution in [2.75, 3.05) is 25.0 Å². The van der Waals surface area contributed by atoms with E-state index >= 15 is 0 Å². The lowest BCUT2D eigenvalue weighted by atomic mass is 10.2. The van der Waals surface area contributed by atoms with E-state index in [1.165, 1.54) is 0 Å². The van der Waals surface area contributed by atoms with Crippen LogP contribution in [0.15, 0.2) is 30.5 Å². The molecule has 3 rings (SSSR count). The molecule has 2 aromatic rings. The summed E-state index contributed by atoms with van der Waals surface area (Å²) in [6, 6.07) is 7.03. The number of benzene rings is 1. The van der Waals surface area contributed by atoms with Crippen LogP contribution in [0.2, 0.25) is 10.0 Å². The lowest BCUT2D eigenvalue weighted by Crippen LogP contribution is -2.45. The summed E-state index contributed by atoms with van der Waals surface area (Å²) in [7, 11) is 0. The fraction of sp³-hybridized carbons (Fsp3) is 0.333. The predicted molar refractivity (Wildman–Crippen MR) is 89.0 cm³/mol. The molecule has 0 spiro atoms. The van der Waals surface area contributed by atoms with Gasteiger partial charge in [0.2, 0.25) is 0 Å². The van der Waals surface area contributed by atoms with Crippen LogP contribution in [0, 0.1) is 0 Å². The molecule has 1 saturated heterocycles. The summed E-state index contributed by atoms with van der Waals surface area (Å²) in [6.45, 7) is 2.22. The average Bonchev–Trinajstić information content (AvgIpc) is 2.98. The van der Waals surface area contributed by atoms with E-state index < -0.39 is 6.10 Å². The number of ether oxygens (including phenoxy) is 1. The van der Waals surface area contributed by atoms with E-state index in [1.807, 2.05) is 6.07 Å². The summed E-state index contributed by atoms with van der Waals surface area (Å²) >= 11 is 12.1. The van der Waals surface area contributed by atoms with Crippen molar-refractivity contribution in [3.05, 3.63) is 46.1 Å². The molecule has 1 aromatic heterocycles. The molecule has 1 atom stereocenters. The Morgan fingerprint density at radius 3 is 3.04 bits per heavy atom. The van der Waals surface area contributed by atoms with Crippen molar-refractivity contribution in [1.29, 1.82) is 0 Å².